The fourth-order valence-electron chi connectivity index (χ4n) is 5.34. The summed E-state index contributed by atoms with van der Waals surface area (Å²) in [6.45, 7) is 6.83. The molecule has 1 saturated heterocycles. The predicted molar refractivity (Wildman–Crippen MR) is 83.9 cm³/mol. The van der Waals surface area contributed by atoms with Crippen molar-refractivity contribution in [3.63, 3.8) is 0 Å². The van der Waals surface area contributed by atoms with Gasteiger partial charge in [-0.15, -0.1) is 0 Å². The predicted octanol–water partition coefficient (Wildman–Crippen LogP) is 4.28. The lowest BCUT2D eigenvalue weighted by atomic mass is 9.64. The standard InChI is InChI=1S/C18H33NO/c1-3-17(9-5-6-10-17)16(19-4-2)15-8-13-20-18(14-15)11-7-12-18/h15-16,19H,3-14H2,1-2H3. The van der Waals surface area contributed by atoms with E-state index in [1.165, 1.54) is 64.2 Å². The molecule has 1 spiro atoms. The highest BCUT2D eigenvalue weighted by Gasteiger charge is 2.49. The first-order valence-electron chi connectivity index (χ1n) is 9.11. The first-order chi connectivity index (χ1) is 9.74. The summed E-state index contributed by atoms with van der Waals surface area (Å²) in [5.41, 5.74) is 0.882. The highest BCUT2D eigenvalue weighted by molar-refractivity contribution is 5.02. The molecular weight excluding hydrogens is 246 g/mol. The molecule has 0 aromatic heterocycles. The minimum atomic E-state index is 0.296. The van der Waals surface area contributed by atoms with Gasteiger partial charge in [0.15, 0.2) is 0 Å². The summed E-state index contributed by atoms with van der Waals surface area (Å²) in [4.78, 5) is 0. The molecule has 0 aromatic carbocycles. The van der Waals surface area contributed by atoms with Crippen LogP contribution in [0.2, 0.25) is 0 Å². The van der Waals surface area contributed by atoms with Crippen LogP contribution in [0.5, 0.6) is 0 Å². The summed E-state index contributed by atoms with van der Waals surface area (Å²) in [5.74, 6) is 0.849. The van der Waals surface area contributed by atoms with Gasteiger partial charge in [0.05, 0.1) is 5.60 Å². The molecule has 3 fully saturated rings. The molecule has 20 heavy (non-hydrogen) atoms. The van der Waals surface area contributed by atoms with Crippen LogP contribution in [0.1, 0.15) is 78.1 Å². The van der Waals surface area contributed by atoms with Crippen molar-refractivity contribution in [2.24, 2.45) is 11.3 Å². The lowest BCUT2D eigenvalue weighted by Gasteiger charge is -2.52. The number of nitrogens with one attached hydrogen (secondary N) is 1. The molecule has 2 nitrogen and oxygen atoms in total. The Bertz CT molecular complexity index is 317. The molecule has 2 unspecified atom stereocenters. The van der Waals surface area contributed by atoms with Crippen molar-refractivity contribution < 1.29 is 4.74 Å². The van der Waals surface area contributed by atoms with Crippen LogP contribution in [-0.4, -0.2) is 24.8 Å². The van der Waals surface area contributed by atoms with E-state index in [1.54, 1.807) is 0 Å². The monoisotopic (exact) mass is 279 g/mol. The second-order valence-electron chi connectivity index (χ2n) is 7.60. The van der Waals surface area contributed by atoms with Crippen LogP contribution < -0.4 is 5.32 Å². The van der Waals surface area contributed by atoms with E-state index in [1.807, 2.05) is 0 Å². The second kappa shape index (κ2) is 5.96. The van der Waals surface area contributed by atoms with E-state index < -0.39 is 0 Å². The average molecular weight is 279 g/mol. The average Bonchev–Trinajstić information content (AvgIpc) is 2.93. The van der Waals surface area contributed by atoms with E-state index >= 15 is 0 Å². The Balaban J connectivity index is 1.75. The van der Waals surface area contributed by atoms with E-state index in [9.17, 15) is 0 Å². The molecule has 1 N–H and O–H groups in total. The second-order valence-corrected chi connectivity index (χ2v) is 7.60. The zero-order chi connectivity index (χ0) is 14.1. The molecule has 2 saturated carbocycles. The topological polar surface area (TPSA) is 21.3 Å². The highest BCUT2D eigenvalue weighted by Crippen LogP contribution is 2.51. The SMILES string of the molecule is CCNC(C1CCOC2(CCC2)C1)C1(CC)CCCC1. The summed E-state index contributed by atoms with van der Waals surface area (Å²) >= 11 is 0. The zero-order valence-corrected chi connectivity index (χ0v) is 13.5. The molecule has 3 rings (SSSR count). The Kier molecular flexibility index (Phi) is 4.42. The van der Waals surface area contributed by atoms with Crippen molar-refractivity contribution in [2.75, 3.05) is 13.2 Å². The first kappa shape index (κ1) is 14.8. The third-order valence-electron chi connectivity index (χ3n) is 6.65. The van der Waals surface area contributed by atoms with E-state index in [-0.39, 0.29) is 0 Å². The van der Waals surface area contributed by atoms with Crippen LogP contribution >= 0.6 is 0 Å². The van der Waals surface area contributed by atoms with Gasteiger partial charge >= 0.3 is 0 Å². The minimum absolute atomic E-state index is 0.296. The fraction of sp³-hybridized carbons (Fsp3) is 1.00. The van der Waals surface area contributed by atoms with Gasteiger partial charge in [0.1, 0.15) is 0 Å². The molecule has 2 heteroatoms. The van der Waals surface area contributed by atoms with Gasteiger partial charge in [-0.05, 0) is 69.2 Å². The van der Waals surface area contributed by atoms with Crippen molar-refractivity contribution in [1.29, 1.82) is 0 Å². The van der Waals surface area contributed by atoms with Gasteiger partial charge in [-0.2, -0.15) is 0 Å². The Morgan fingerprint density at radius 2 is 1.85 bits per heavy atom. The highest BCUT2D eigenvalue weighted by atomic mass is 16.5. The molecule has 1 aliphatic heterocycles. The van der Waals surface area contributed by atoms with Crippen LogP contribution in [0.25, 0.3) is 0 Å². The summed E-state index contributed by atoms with van der Waals surface area (Å²) < 4.78 is 6.16. The summed E-state index contributed by atoms with van der Waals surface area (Å²) in [5, 5.41) is 3.92. The minimum Gasteiger partial charge on any atom is -0.375 e. The van der Waals surface area contributed by atoms with Gasteiger partial charge in [-0.1, -0.05) is 26.7 Å². The Morgan fingerprint density at radius 1 is 1.10 bits per heavy atom. The van der Waals surface area contributed by atoms with Crippen LogP contribution in [-0.2, 0) is 4.74 Å². The number of rotatable bonds is 5. The third kappa shape index (κ3) is 2.54. The molecular formula is C18H33NO. The summed E-state index contributed by atoms with van der Waals surface area (Å²) in [7, 11) is 0. The zero-order valence-electron chi connectivity index (χ0n) is 13.5. The number of hydrogen-bond acceptors (Lipinski definition) is 2. The van der Waals surface area contributed by atoms with Crippen molar-refractivity contribution >= 4 is 0 Å². The van der Waals surface area contributed by atoms with Gasteiger partial charge in [-0.3, -0.25) is 0 Å². The number of hydrogen-bond donors (Lipinski definition) is 1. The van der Waals surface area contributed by atoms with Crippen molar-refractivity contribution in [2.45, 2.75) is 89.7 Å². The fourth-order valence-corrected chi connectivity index (χ4v) is 5.34. The van der Waals surface area contributed by atoms with E-state index in [0.717, 1.165) is 25.1 Å². The molecule has 2 atom stereocenters. The molecule has 2 aliphatic carbocycles. The molecule has 3 aliphatic rings. The number of ether oxygens (including phenoxy) is 1. The van der Waals surface area contributed by atoms with Crippen LogP contribution in [0, 0.1) is 11.3 Å². The van der Waals surface area contributed by atoms with Crippen LogP contribution in [0.4, 0.5) is 0 Å². The smallest absolute Gasteiger partial charge is 0.0685 e. The Morgan fingerprint density at radius 3 is 2.40 bits per heavy atom. The summed E-state index contributed by atoms with van der Waals surface area (Å²) in [6, 6.07) is 0.737. The van der Waals surface area contributed by atoms with Gasteiger partial charge in [0, 0.05) is 12.6 Å². The maximum atomic E-state index is 6.16. The van der Waals surface area contributed by atoms with Crippen LogP contribution in [0.15, 0.2) is 0 Å². The van der Waals surface area contributed by atoms with Crippen molar-refractivity contribution in [1.82, 2.24) is 5.32 Å². The van der Waals surface area contributed by atoms with E-state index in [0.29, 0.717) is 11.0 Å². The van der Waals surface area contributed by atoms with Crippen molar-refractivity contribution in [3.8, 4) is 0 Å². The van der Waals surface area contributed by atoms with Gasteiger partial charge in [0.2, 0.25) is 0 Å². The quantitative estimate of drug-likeness (QED) is 0.811. The first-order valence-corrected chi connectivity index (χ1v) is 9.11. The lowest BCUT2D eigenvalue weighted by molar-refractivity contribution is -0.152. The van der Waals surface area contributed by atoms with Crippen LogP contribution in [0.3, 0.4) is 0 Å². The molecule has 0 amide bonds. The Labute approximate surface area is 125 Å². The van der Waals surface area contributed by atoms with E-state index in [2.05, 4.69) is 19.2 Å². The normalized spacial score (nSPS) is 33.0. The van der Waals surface area contributed by atoms with Gasteiger partial charge < -0.3 is 10.1 Å². The summed E-state index contributed by atoms with van der Waals surface area (Å²) in [6.07, 6.45) is 13.8. The molecule has 1 heterocycles. The maximum absolute atomic E-state index is 6.16. The van der Waals surface area contributed by atoms with Gasteiger partial charge in [0.25, 0.3) is 0 Å². The third-order valence-corrected chi connectivity index (χ3v) is 6.65. The molecule has 0 radical (unpaired) electrons. The molecule has 0 bridgehead atoms. The Hall–Kier alpha value is -0.0800. The largest absolute Gasteiger partial charge is 0.375 e. The maximum Gasteiger partial charge on any atom is 0.0685 e. The van der Waals surface area contributed by atoms with Crippen molar-refractivity contribution in [3.05, 3.63) is 0 Å². The lowest BCUT2D eigenvalue weighted by Crippen LogP contribution is -2.55. The molecule has 116 valence electrons. The van der Waals surface area contributed by atoms with E-state index in [4.69, 9.17) is 4.74 Å². The van der Waals surface area contributed by atoms with Gasteiger partial charge in [-0.25, -0.2) is 0 Å². The molecule has 0 aromatic rings.